The van der Waals surface area contributed by atoms with Gasteiger partial charge in [-0.3, -0.25) is 4.79 Å². The Balaban J connectivity index is 2.18. The molecule has 0 aliphatic carbocycles. The monoisotopic (exact) mass is 297 g/mol. The van der Waals surface area contributed by atoms with Crippen LogP contribution in [0.4, 0.5) is 5.69 Å². The van der Waals surface area contributed by atoms with Crippen molar-refractivity contribution in [2.75, 3.05) is 11.4 Å². The van der Waals surface area contributed by atoms with Gasteiger partial charge in [-0.05, 0) is 31.5 Å². The third-order valence-corrected chi connectivity index (χ3v) is 4.26. The average Bonchev–Trinajstić information content (AvgIpc) is 2.92. The van der Waals surface area contributed by atoms with Crippen LogP contribution in [0.25, 0.3) is 5.57 Å². The van der Waals surface area contributed by atoms with Crippen molar-refractivity contribution in [1.82, 2.24) is 5.43 Å². The van der Waals surface area contributed by atoms with Crippen LogP contribution in [0.2, 0.25) is 0 Å². The topological polar surface area (TPSA) is 94.6 Å². The molecule has 2 aliphatic heterocycles. The number of hydrazone groups is 1. The molecule has 1 aromatic rings. The fourth-order valence-electron chi connectivity index (χ4n) is 3.11. The number of amides is 1. The molecule has 0 radical (unpaired) electrons. The molecule has 114 valence electrons. The van der Waals surface area contributed by atoms with Crippen molar-refractivity contribution in [3.8, 4) is 0 Å². The molecular weight excluding hydrogens is 278 g/mol. The quantitative estimate of drug-likeness (QED) is 0.734. The summed E-state index contributed by atoms with van der Waals surface area (Å²) in [6.45, 7) is 4.55. The molecule has 0 fully saturated rings. The summed E-state index contributed by atoms with van der Waals surface area (Å²) in [6, 6.07) is 5.73. The molecule has 0 bridgehead atoms. The largest absolute Gasteiger partial charge is 0.404 e. The van der Waals surface area contributed by atoms with E-state index < -0.39 is 0 Å². The van der Waals surface area contributed by atoms with Gasteiger partial charge >= 0.3 is 0 Å². The smallest absolute Gasteiger partial charge is 0.238 e. The molecule has 3 rings (SSSR count). The first-order valence-corrected chi connectivity index (χ1v) is 7.34. The van der Waals surface area contributed by atoms with Gasteiger partial charge < -0.3 is 21.5 Å². The van der Waals surface area contributed by atoms with E-state index >= 15 is 0 Å². The van der Waals surface area contributed by atoms with Crippen molar-refractivity contribution in [3.05, 3.63) is 35.5 Å². The molecule has 0 saturated carbocycles. The van der Waals surface area contributed by atoms with Crippen molar-refractivity contribution < 1.29 is 4.79 Å². The van der Waals surface area contributed by atoms with Gasteiger partial charge in [0.05, 0.1) is 17.4 Å². The summed E-state index contributed by atoms with van der Waals surface area (Å²) >= 11 is 0. The van der Waals surface area contributed by atoms with Gasteiger partial charge in [-0.2, -0.15) is 5.10 Å². The minimum Gasteiger partial charge on any atom is -0.404 e. The van der Waals surface area contributed by atoms with Gasteiger partial charge in [-0.25, -0.2) is 0 Å². The van der Waals surface area contributed by atoms with E-state index in [-0.39, 0.29) is 17.9 Å². The van der Waals surface area contributed by atoms with E-state index in [1.807, 2.05) is 32.0 Å². The Morgan fingerprint density at radius 3 is 2.95 bits per heavy atom. The fourth-order valence-corrected chi connectivity index (χ4v) is 3.11. The number of nitrogens with one attached hydrogen (secondary N) is 2. The number of fused-ring (bicyclic) bond motifs is 3. The lowest BCUT2D eigenvalue weighted by Crippen LogP contribution is -2.47. The second-order valence-corrected chi connectivity index (χ2v) is 5.47. The van der Waals surface area contributed by atoms with E-state index in [1.54, 1.807) is 4.90 Å². The molecule has 6 heteroatoms. The molecule has 1 aromatic carbocycles. The molecule has 2 aliphatic rings. The Labute approximate surface area is 129 Å². The molecular formula is C16H19N5O. The van der Waals surface area contributed by atoms with E-state index in [1.165, 1.54) is 12.4 Å². The third kappa shape index (κ3) is 1.91. The second kappa shape index (κ2) is 5.29. The molecule has 0 spiro atoms. The minimum atomic E-state index is -0.256. The number of hydrogen-bond acceptors (Lipinski definition) is 5. The first-order valence-electron chi connectivity index (χ1n) is 7.34. The third-order valence-electron chi connectivity index (χ3n) is 4.26. The first-order chi connectivity index (χ1) is 10.6. The Hall–Kier alpha value is -2.63. The van der Waals surface area contributed by atoms with Gasteiger partial charge in [0.1, 0.15) is 5.92 Å². The molecule has 2 unspecified atom stereocenters. The maximum Gasteiger partial charge on any atom is 0.238 e. The maximum atomic E-state index is 12.7. The fraction of sp³-hybridized carbons (Fsp3) is 0.312. The zero-order valence-electron chi connectivity index (χ0n) is 12.6. The number of nitrogens with zero attached hydrogens (tertiary/aromatic N) is 2. The number of benzene rings is 1. The summed E-state index contributed by atoms with van der Waals surface area (Å²) < 4.78 is 0. The van der Waals surface area contributed by atoms with Gasteiger partial charge in [-0.1, -0.05) is 6.07 Å². The lowest BCUT2D eigenvalue weighted by molar-refractivity contribution is -0.120. The van der Waals surface area contributed by atoms with Crippen LogP contribution in [0.1, 0.15) is 25.0 Å². The molecule has 2 heterocycles. The second-order valence-electron chi connectivity index (χ2n) is 5.47. The number of anilines is 1. The number of hydrogen-bond donors (Lipinski definition) is 3. The highest BCUT2D eigenvalue weighted by Gasteiger charge is 2.43. The zero-order valence-corrected chi connectivity index (χ0v) is 12.6. The van der Waals surface area contributed by atoms with Gasteiger partial charge in [0.25, 0.3) is 0 Å². The summed E-state index contributed by atoms with van der Waals surface area (Å²) in [7, 11) is 0. The van der Waals surface area contributed by atoms with Crippen LogP contribution in [0.15, 0.2) is 29.5 Å². The van der Waals surface area contributed by atoms with E-state index in [0.717, 1.165) is 22.5 Å². The highest BCUT2D eigenvalue weighted by atomic mass is 16.2. The summed E-state index contributed by atoms with van der Waals surface area (Å²) in [5.74, 6) is -0.173. The van der Waals surface area contributed by atoms with Crippen LogP contribution in [0, 0.1) is 11.3 Å². The predicted octanol–water partition coefficient (Wildman–Crippen LogP) is 1.31. The molecule has 0 saturated heterocycles. The molecule has 4 N–H and O–H groups in total. The highest BCUT2D eigenvalue weighted by molar-refractivity contribution is 6.25. The number of carbonyl (C=O) groups excluding carboxylic acids is 1. The van der Waals surface area contributed by atoms with Crippen molar-refractivity contribution in [3.63, 3.8) is 0 Å². The standard InChI is InChI=1S/C16H19N5O/c1-3-21-13-5-4-10(11(7-17)8-18)6-12(13)15-14(16(21)22)9(2)19-20-15/h4-9,14,17,19H,3,18H2,1-2H3/b11-8+,17-7?. The summed E-state index contributed by atoms with van der Waals surface area (Å²) in [5, 5.41) is 11.8. The lowest BCUT2D eigenvalue weighted by Gasteiger charge is -2.33. The Morgan fingerprint density at radius 1 is 1.55 bits per heavy atom. The maximum absolute atomic E-state index is 12.7. The van der Waals surface area contributed by atoms with Gasteiger partial charge in [-0.15, -0.1) is 0 Å². The Morgan fingerprint density at radius 2 is 2.32 bits per heavy atom. The number of allylic oxidation sites excluding steroid dienone is 1. The zero-order chi connectivity index (χ0) is 15.9. The molecule has 1 amide bonds. The normalized spacial score (nSPS) is 23.5. The molecule has 2 atom stereocenters. The van der Waals surface area contributed by atoms with E-state index in [2.05, 4.69) is 10.5 Å². The Kier molecular flexibility index (Phi) is 3.44. The number of rotatable bonds is 3. The van der Waals surface area contributed by atoms with E-state index in [0.29, 0.717) is 12.1 Å². The predicted molar refractivity (Wildman–Crippen MR) is 88.0 cm³/mol. The van der Waals surface area contributed by atoms with Crippen LogP contribution in [0.3, 0.4) is 0 Å². The summed E-state index contributed by atoms with van der Waals surface area (Å²) in [6.07, 6.45) is 2.64. The van der Waals surface area contributed by atoms with Crippen LogP contribution >= 0.6 is 0 Å². The van der Waals surface area contributed by atoms with Gasteiger partial charge in [0.15, 0.2) is 0 Å². The van der Waals surface area contributed by atoms with E-state index in [9.17, 15) is 4.79 Å². The van der Waals surface area contributed by atoms with Crippen molar-refractivity contribution in [1.29, 1.82) is 5.41 Å². The van der Waals surface area contributed by atoms with Crippen LogP contribution in [0.5, 0.6) is 0 Å². The Bertz CT molecular complexity index is 706. The SMILES string of the molecule is CCN1C(=O)C2C(=NNC2C)c2cc(/C(C=N)=C/N)ccc21. The van der Waals surface area contributed by atoms with Gasteiger partial charge in [0.2, 0.25) is 5.91 Å². The van der Waals surface area contributed by atoms with E-state index in [4.69, 9.17) is 11.1 Å². The molecule has 0 aromatic heterocycles. The molecule has 6 nitrogen and oxygen atoms in total. The van der Waals surface area contributed by atoms with Crippen molar-refractivity contribution in [2.24, 2.45) is 16.8 Å². The van der Waals surface area contributed by atoms with Crippen molar-refractivity contribution >= 4 is 29.1 Å². The van der Waals surface area contributed by atoms with Crippen LogP contribution in [-0.2, 0) is 4.79 Å². The van der Waals surface area contributed by atoms with Gasteiger partial charge in [0, 0.05) is 30.1 Å². The molecule has 22 heavy (non-hydrogen) atoms. The summed E-state index contributed by atoms with van der Waals surface area (Å²) in [4.78, 5) is 14.5. The van der Waals surface area contributed by atoms with Crippen LogP contribution < -0.4 is 16.1 Å². The number of carbonyl (C=O) groups is 1. The minimum absolute atomic E-state index is 0.0133. The van der Waals surface area contributed by atoms with Crippen LogP contribution in [-0.4, -0.2) is 30.4 Å². The first kappa shape index (κ1) is 14.3. The summed E-state index contributed by atoms with van der Waals surface area (Å²) in [5.41, 5.74) is 12.6. The lowest BCUT2D eigenvalue weighted by atomic mass is 9.85. The van der Waals surface area contributed by atoms with Crippen molar-refractivity contribution in [2.45, 2.75) is 19.9 Å². The average molecular weight is 297 g/mol. The highest BCUT2D eigenvalue weighted by Crippen LogP contribution is 2.36. The number of nitrogens with two attached hydrogens (primary N) is 1.